The quantitative estimate of drug-likeness (QED) is 0.930. The Morgan fingerprint density at radius 3 is 3.00 bits per heavy atom. The standard InChI is InChI=1S/C13H15BrN2O/c1-13(5-2-6-17-13)9-16-11-4-3-10(8-15)12(14)7-11/h3-4,7,16H,2,5-6,9H2,1H3. The van der Waals surface area contributed by atoms with Crippen molar-refractivity contribution in [2.45, 2.75) is 25.4 Å². The van der Waals surface area contributed by atoms with Crippen LogP contribution in [-0.2, 0) is 4.74 Å². The van der Waals surface area contributed by atoms with Gasteiger partial charge in [-0.2, -0.15) is 5.26 Å². The van der Waals surface area contributed by atoms with E-state index in [1.54, 1.807) is 0 Å². The maximum atomic E-state index is 8.83. The van der Waals surface area contributed by atoms with Gasteiger partial charge in [0.15, 0.2) is 0 Å². The van der Waals surface area contributed by atoms with Gasteiger partial charge >= 0.3 is 0 Å². The molecule has 2 rings (SSSR count). The van der Waals surface area contributed by atoms with Gasteiger partial charge in [0.1, 0.15) is 6.07 Å². The Kier molecular flexibility index (Phi) is 3.70. The van der Waals surface area contributed by atoms with Crippen LogP contribution in [0.25, 0.3) is 0 Å². The van der Waals surface area contributed by atoms with Gasteiger partial charge in [-0.3, -0.25) is 0 Å². The summed E-state index contributed by atoms with van der Waals surface area (Å²) in [5, 5.41) is 12.2. The fraction of sp³-hybridized carbons (Fsp3) is 0.462. The Balaban J connectivity index is 2.00. The molecule has 0 spiro atoms. The van der Waals surface area contributed by atoms with Crippen LogP contribution in [0.3, 0.4) is 0 Å². The lowest BCUT2D eigenvalue weighted by atomic mass is 10.0. The summed E-state index contributed by atoms with van der Waals surface area (Å²) < 4.78 is 6.53. The Bertz CT molecular complexity index is 447. The SMILES string of the molecule is CC1(CNc2ccc(C#N)c(Br)c2)CCCO1. The molecule has 0 saturated carbocycles. The van der Waals surface area contributed by atoms with Crippen molar-refractivity contribution in [3.05, 3.63) is 28.2 Å². The minimum absolute atomic E-state index is 0.0552. The molecule has 1 aromatic rings. The summed E-state index contributed by atoms with van der Waals surface area (Å²) in [6, 6.07) is 7.78. The molecule has 1 aromatic carbocycles. The molecule has 0 amide bonds. The molecule has 90 valence electrons. The molecule has 1 unspecified atom stereocenters. The number of rotatable bonds is 3. The van der Waals surface area contributed by atoms with E-state index >= 15 is 0 Å². The second-order valence-corrected chi connectivity index (χ2v) is 5.42. The number of nitrogens with one attached hydrogen (secondary N) is 1. The van der Waals surface area contributed by atoms with Crippen molar-refractivity contribution >= 4 is 21.6 Å². The minimum atomic E-state index is -0.0552. The van der Waals surface area contributed by atoms with E-state index in [1.807, 2.05) is 18.2 Å². The predicted octanol–water partition coefficient (Wildman–Crippen LogP) is 3.30. The number of hydrogen-bond acceptors (Lipinski definition) is 3. The number of anilines is 1. The van der Waals surface area contributed by atoms with Crippen molar-refractivity contribution in [2.24, 2.45) is 0 Å². The average molecular weight is 295 g/mol. The molecule has 0 radical (unpaired) electrons. The summed E-state index contributed by atoms with van der Waals surface area (Å²) in [5.41, 5.74) is 1.60. The minimum Gasteiger partial charge on any atom is -0.382 e. The van der Waals surface area contributed by atoms with Crippen molar-refractivity contribution < 1.29 is 4.74 Å². The molecule has 17 heavy (non-hydrogen) atoms. The molecule has 0 aromatic heterocycles. The van der Waals surface area contributed by atoms with E-state index in [0.717, 1.165) is 36.2 Å². The number of halogens is 1. The van der Waals surface area contributed by atoms with Crippen LogP contribution in [0.1, 0.15) is 25.3 Å². The number of benzene rings is 1. The van der Waals surface area contributed by atoms with Gasteiger partial charge in [-0.15, -0.1) is 0 Å². The Hall–Kier alpha value is -1.05. The molecule has 0 bridgehead atoms. The zero-order valence-corrected chi connectivity index (χ0v) is 11.4. The van der Waals surface area contributed by atoms with Gasteiger partial charge in [0, 0.05) is 23.3 Å². The lowest BCUT2D eigenvalue weighted by molar-refractivity contribution is 0.0315. The number of nitriles is 1. The second-order valence-electron chi connectivity index (χ2n) is 4.56. The van der Waals surface area contributed by atoms with Gasteiger partial charge < -0.3 is 10.1 Å². The molecule has 1 atom stereocenters. The first kappa shape index (κ1) is 12.4. The highest BCUT2D eigenvalue weighted by Crippen LogP contribution is 2.26. The van der Waals surface area contributed by atoms with E-state index < -0.39 is 0 Å². The van der Waals surface area contributed by atoms with E-state index in [1.165, 1.54) is 0 Å². The molecule has 3 nitrogen and oxygen atoms in total. The maximum absolute atomic E-state index is 8.83. The van der Waals surface area contributed by atoms with Crippen LogP contribution in [0.2, 0.25) is 0 Å². The molecule has 1 aliphatic rings. The highest BCUT2D eigenvalue weighted by Gasteiger charge is 2.29. The van der Waals surface area contributed by atoms with Crippen molar-refractivity contribution in [2.75, 3.05) is 18.5 Å². The van der Waals surface area contributed by atoms with Gasteiger partial charge in [-0.25, -0.2) is 0 Å². The predicted molar refractivity (Wildman–Crippen MR) is 70.9 cm³/mol. The summed E-state index contributed by atoms with van der Waals surface area (Å²) in [6.07, 6.45) is 2.23. The highest BCUT2D eigenvalue weighted by molar-refractivity contribution is 9.10. The van der Waals surface area contributed by atoms with Gasteiger partial charge in [0.05, 0.1) is 11.2 Å². The van der Waals surface area contributed by atoms with E-state index in [0.29, 0.717) is 5.56 Å². The topological polar surface area (TPSA) is 45.0 Å². The molecular weight excluding hydrogens is 280 g/mol. The first-order valence-electron chi connectivity index (χ1n) is 5.70. The summed E-state index contributed by atoms with van der Waals surface area (Å²) in [6.45, 7) is 3.78. The van der Waals surface area contributed by atoms with Crippen molar-refractivity contribution in [3.63, 3.8) is 0 Å². The normalized spacial score (nSPS) is 23.4. The van der Waals surface area contributed by atoms with Crippen LogP contribution < -0.4 is 5.32 Å². The molecule has 4 heteroatoms. The lowest BCUT2D eigenvalue weighted by Gasteiger charge is -2.24. The maximum Gasteiger partial charge on any atom is 0.100 e. The summed E-state index contributed by atoms with van der Waals surface area (Å²) in [4.78, 5) is 0. The fourth-order valence-corrected chi connectivity index (χ4v) is 2.45. The average Bonchev–Trinajstić information content (AvgIpc) is 2.74. The number of ether oxygens (including phenoxy) is 1. The third kappa shape index (κ3) is 2.99. The molecule has 1 saturated heterocycles. The van der Waals surface area contributed by atoms with Crippen LogP contribution in [0.15, 0.2) is 22.7 Å². The smallest absolute Gasteiger partial charge is 0.100 e. The molecule has 1 N–H and O–H groups in total. The van der Waals surface area contributed by atoms with E-state index in [4.69, 9.17) is 10.00 Å². The fourth-order valence-electron chi connectivity index (χ4n) is 1.98. The Labute approximate surface area is 110 Å². The van der Waals surface area contributed by atoms with Gasteiger partial charge in [-0.05, 0) is 53.9 Å². The van der Waals surface area contributed by atoms with E-state index in [9.17, 15) is 0 Å². The summed E-state index contributed by atoms with van der Waals surface area (Å²) in [5.74, 6) is 0. The van der Waals surface area contributed by atoms with Crippen molar-refractivity contribution in [1.29, 1.82) is 5.26 Å². The monoisotopic (exact) mass is 294 g/mol. The summed E-state index contributed by atoms with van der Waals surface area (Å²) >= 11 is 3.38. The third-order valence-electron chi connectivity index (χ3n) is 3.06. The van der Waals surface area contributed by atoms with Crippen molar-refractivity contribution in [3.8, 4) is 6.07 Å². The van der Waals surface area contributed by atoms with Gasteiger partial charge in [-0.1, -0.05) is 0 Å². The largest absolute Gasteiger partial charge is 0.382 e. The Morgan fingerprint density at radius 1 is 1.59 bits per heavy atom. The second kappa shape index (κ2) is 5.07. The molecule has 1 aliphatic heterocycles. The van der Waals surface area contributed by atoms with Gasteiger partial charge in [0.25, 0.3) is 0 Å². The first-order valence-corrected chi connectivity index (χ1v) is 6.50. The van der Waals surface area contributed by atoms with E-state index in [2.05, 4.69) is 34.2 Å². The molecule has 1 heterocycles. The van der Waals surface area contributed by atoms with Crippen LogP contribution in [0.4, 0.5) is 5.69 Å². The molecular formula is C13H15BrN2O. The number of hydrogen-bond donors (Lipinski definition) is 1. The molecule has 1 fully saturated rings. The van der Waals surface area contributed by atoms with Crippen LogP contribution in [0.5, 0.6) is 0 Å². The summed E-state index contributed by atoms with van der Waals surface area (Å²) in [7, 11) is 0. The van der Waals surface area contributed by atoms with Crippen LogP contribution >= 0.6 is 15.9 Å². The zero-order valence-electron chi connectivity index (χ0n) is 9.79. The van der Waals surface area contributed by atoms with E-state index in [-0.39, 0.29) is 5.60 Å². The first-order chi connectivity index (χ1) is 8.13. The molecule has 0 aliphatic carbocycles. The zero-order chi connectivity index (χ0) is 12.3. The van der Waals surface area contributed by atoms with Crippen LogP contribution in [-0.4, -0.2) is 18.8 Å². The lowest BCUT2D eigenvalue weighted by Crippen LogP contribution is -2.32. The Morgan fingerprint density at radius 2 is 2.41 bits per heavy atom. The number of nitrogens with zero attached hydrogens (tertiary/aromatic N) is 1. The van der Waals surface area contributed by atoms with Gasteiger partial charge in [0.2, 0.25) is 0 Å². The van der Waals surface area contributed by atoms with Crippen LogP contribution in [0, 0.1) is 11.3 Å². The highest BCUT2D eigenvalue weighted by atomic mass is 79.9. The third-order valence-corrected chi connectivity index (χ3v) is 3.71. The van der Waals surface area contributed by atoms with Crippen molar-refractivity contribution in [1.82, 2.24) is 0 Å².